The maximum atomic E-state index is 11.3. The van der Waals surface area contributed by atoms with E-state index in [0.717, 1.165) is 11.1 Å². The smallest absolute Gasteiger partial charge is 0.311 e. The Kier molecular flexibility index (Phi) is 4.17. The van der Waals surface area contributed by atoms with Gasteiger partial charge in [0.05, 0.1) is 5.41 Å². The first-order valence-electron chi connectivity index (χ1n) is 6.27. The molecule has 0 aliphatic rings. The number of hydrogen-bond donors (Lipinski definition) is 2. The Hall–Kier alpha value is -1.35. The lowest BCUT2D eigenvalue weighted by atomic mass is 9.79. The third kappa shape index (κ3) is 2.72. The summed E-state index contributed by atoms with van der Waals surface area (Å²) in [5.74, 6) is -0.464. The zero-order valence-electron chi connectivity index (χ0n) is 11.8. The van der Waals surface area contributed by atoms with Crippen LogP contribution in [-0.2, 0) is 4.79 Å². The number of aliphatic carboxylic acids is 1. The van der Waals surface area contributed by atoms with Gasteiger partial charge in [0.1, 0.15) is 0 Å². The van der Waals surface area contributed by atoms with Crippen molar-refractivity contribution in [1.29, 1.82) is 0 Å². The molecule has 0 fully saturated rings. The normalized spacial score (nSPS) is 13.7. The molecule has 0 heterocycles. The summed E-state index contributed by atoms with van der Waals surface area (Å²) in [5.41, 5.74) is 8.35. The van der Waals surface area contributed by atoms with Crippen LogP contribution in [0.15, 0.2) is 18.2 Å². The molecule has 1 aromatic carbocycles. The minimum Gasteiger partial charge on any atom is -0.481 e. The molecule has 0 bridgehead atoms. The molecule has 0 radical (unpaired) electrons. The number of carboxylic acids is 1. The minimum absolute atomic E-state index is 0.407. The van der Waals surface area contributed by atoms with E-state index in [-0.39, 0.29) is 0 Å². The van der Waals surface area contributed by atoms with Gasteiger partial charge in [-0.25, -0.2) is 0 Å². The molecule has 3 nitrogen and oxygen atoms in total. The van der Waals surface area contributed by atoms with Crippen LogP contribution in [0.5, 0.6) is 0 Å². The van der Waals surface area contributed by atoms with Crippen molar-refractivity contribution < 1.29 is 9.90 Å². The first-order chi connectivity index (χ1) is 8.17. The molecule has 0 amide bonds. The second-order valence-corrected chi connectivity index (χ2v) is 5.78. The second kappa shape index (κ2) is 5.11. The fraction of sp³-hybridized carbons (Fsp3) is 0.533. The molecular weight excluding hydrogens is 226 g/mol. The van der Waals surface area contributed by atoms with E-state index in [1.54, 1.807) is 13.8 Å². The molecule has 3 heteroatoms. The summed E-state index contributed by atoms with van der Waals surface area (Å²) < 4.78 is 0. The summed E-state index contributed by atoms with van der Waals surface area (Å²) in [5, 5.41) is 9.26. The van der Waals surface area contributed by atoms with E-state index < -0.39 is 17.4 Å². The Bertz CT molecular complexity index is 450. The highest BCUT2D eigenvalue weighted by molar-refractivity contribution is 5.75. The van der Waals surface area contributed by atoms with Crippen molar-refractivity contribution in [2.45, 2.75) is 46.6 Å². The Morgan fingerprint density at radius 1 is 1.33 bits per heavy atom. The summed E-state index contributed by atoms with van der Waals surface area (Å²) in [4.78, 5) is 11.3. The van der Waals surface area contributed by atoms with Crippen LogP contribution >= 0.6 is 0 Å². The van der Waals surface area contributed by atoms with Gasteiger partial charge < -0.3 is 10.8 Å². The summed E-state index contributed by atoms with van der Waals surface area (Å²) in [6.07, 6.45) is 0. The fourth-order valence-electron chi connectivity index (χ4n) is 1.87. The largest absolute Gasteiger partial charge is 0.481 e. The lowest BCUT2D eigenvalue weighted by molar-refractivity contribution is -0.148. The van der Waals surface area contributed by atoms with Crippen molar-refractivity contribution in [3.8, 4) is 0 Å². The Morgan fingerprint density at radius 2 is 1.89 bits per heavy atom. The van der Waals surface area contributed by atoms with Gasteiger partial charge in [-0.05, 0) is 43.4 Å². The van der Waals surface area contributed by atoms with Crippen molar-refractivity contribution in [2.24, 2.45) is 11.1 Å². The highest BCUT2D eigenvalue weighted by atomic mass is 16.4. The van der Waals surface area contributed by atoms with Crippen LogP contribution in [-0.4, -0.2) is 11.1 Å². The van der Waals surface area contributed by atoms with Crippen LogP contribution in [0, 0.1) is 12.3 Å². The predicted molar refractivity (Wildman–Crippen MR) is 73.6 cm³/mol. The summed E-state index contributed by atoms with van der Waals surface area (Å²) in [6, 6.07) is 5.62. The summed E-state index contributed by atoms with van der Waals surface area (Å²) in [7, 11) is 0. The SMILES string of the molecule is Cc1ccc(C(C)C)cc1C(N)C(C)(C)C(=O)O. The van der Waals surface area contributed by atoms with Crippen molar-refractivity contribution in [3.63, 3.8) is 0 Å². The van der Waals surface area contributed by atoms with Crippen molar-refractivity contribution >= 4 is 5.97 Å². The van der Waals surface area contributed by atoms with Crippen LogP contribution in [0.4, 0.5) is 0 Å². The second-order valence-electron chi connectivity index (χ2n) is 5.78. The molecule has 0 saturated carbocycles. The lowest BCUT2D eigenvalue weighted by Gasteiger charge is -2.29. The van der Waals surface area contributed by atoms with Crippen molar-refractivity contribution in [1.82, 2.24) is 0 Å². The van der Waals surface area contributed by atoms with Gasteiger partial charge >= 0.3 is 5.97 Å². The van der Waals surface area contributed by atoms with Gasteiger partial charge in [0.15, 0.2) is 0 Å². The Balaban J connectivity index is 3.24. The molecule has 100 valence electrons. The number of benzene rings is 1. The molecule has 0 aliphatic carbocycles. The minimum atomic E-state index is -0.972. The van der Waals surface area contributed by atoms with Crippen molar-refractivity contribution in [3.05, 3.63) is 34.9 Å². The molecule has 0 aliphatic heterocycles. The zero-order valence-corrected chi connectivity index (χ0v) is 11.8. The standard InChI is InChI=1S/C15H23NO2/c1-9(2)11-7-6-10(3)12(8-11)13(16)15(4,5)14(17)18/h6-9,13H,16H2,1-5H3,(H,17,18). The maximum absolute atomic E-state index is 11.3. The third-order valence-electron chi connectivity index (χ3n) is 3.63. The molecule has 0 spiro atoms. The zero-order chi connectivity index (χ0) is 14.1. The van der Waals surface area contributed by atoms with Crippen LogP contribution in [0.25, 0.3) is 0 Å². The van der Waals surface area contributed by atoms with Gasteiger partial charge in [0, 0.05) is 6.04 Å². The van der Waals surface area contributed by atoms with E-state index in [1.165, 1.54) is 5.56 Å². The lowest BCUT2D eigenvalue weighted by Crippen LogP contribution is -2.36. The van der Waals surface area contributed by atoms with E-state index in [1.807, 2.05) is 19.1 Å². The number of nitrogens with two attached hydrogens (primary N) is 1. The quantitative estimate of drug-likeness (QED) is 0.861. The number of rotatable bonds is 4. The maximum Gasteiger partial charge on any atom is 0.311 e. The number of carboxylic acid groups (broad SMARTS) is 1. The molecule has 1 unspecified atom stereocenters. The first kappa shape index (κ1) is 14.7. The highest BCUT2D eigenvalue weighted by Crippen LogP contribution is 2.34. The fourth-order valence-corrected chi connectivity index (χ4v) is 1.87. The average molecular weight is 249 g/mol. The molecule has 1 aromatic rings. The molecule has 0 saturated heterocycles. The average Bonchev–Trinajstić information content (AvgIpc) is 2.28. The van der Waals surface area contributed by atoms with Crippen molar-refractivity contribution in [2.75, 3.05) is 0 Å². The van der Waals surface area contributed by atoms with Gasteiger partial charge in [-0.15, -0.1) is 0 Å². The van der Waals surface area contributed by atoms with Gasteiger partial charge in [-0.2, -0.15) is 0 Å². The molecule has 1 rings (SSSR count). The van der Waals surface area contributed by atoms with Crippen LogP contribution in [0.3, 0.4) is 0 Å². The molecule has 18 heavy (non-hydrogen) atoms. The Morgan fingerprint density at radius 3 is 2.33 bits per heavy atom. The van der Waals surface area contributed by atoms with Gasteiger partial charge in [0.25, 0.3) is 0 Å². The summed E-state index contributed by atoms with van der Waals surface area (Å²) >= 11 is 0. The molecular formula is C15H23NO2. The predicted octanol–water partition coefficient (Wildman–Crippen LogP) is 3.23. The monoisotopic (exact) mass is 249 g/mol. The molecule has 1 atom stereocenters. The third-order valence-corrected chi connectivity index (χ3v) is 3.63. The number of carbonyl (C=O) groups is 1. The highest BCUT2D eigenvalue weighted by Gasteiger charge is 2.36. The van der Waals surface area contributed by atoms with Crippen LogP contribution < -0.4 is 5.73 Å². The van der Waals surface area contributed by atoms with Crippen LogP contribution in [0.2, 0.25) is 0 Å². The van der Waals surface area contributed by atoms with Gasteiger partial charge in [-0.3, -0.25) is 4.79 Å². The molecule has 0 aromatic heterocycles. The number of hydrogen-bond acceptors (Lipinski definition) is 2. The Labute approximate surface area is 109 Å². The van der Waals surface area contributed by atoms with Crippen LogP contribution in [0.1, 0.15) is 56.3 Å². The topological polar surface area (TPSA) is 63.3 Å². The van der Waals surface area contributed by atoms with Gasteiger partial charge in [-0.1, -0.05) is 32.0 Å². The van der Waals surface area contributed by atoms with E-state index in [0.29, 0.717) is 5.92 Å². The number of aryl methyl sites for hydroxylation is 1. The van der Waals surface area contributed by atoms with E-state index in [2.05, 4.69) is 19.9 Å². The first-order valence-corrected chi connectivity index (χ1v) is 6.27. The molecule has 3 N–H and O–H groups in total. The van der Waals surface area contributed by atoms with E-state index in [9.17, 15) is 9.90 Å². The van der Waals surface area contributed by atoms with E-state index >= 15 is 0 Å². The summed E-state index contributed by atoms with van der Waals surface area (Å²) in [6.45, 7) is 9.53. The van der Waals surface area contributed by atoms with E-state index in [4.69, 9.17) is 5.73 Å². The van der Waals surface area contributed by atoms with Gasteiger partial charge in [0.2, 0.25) is 0 Å².